The Labute approximate surface area is 69.5 Å². The van der Waals surface area contributed by atoms with Crippen molar-refractivity contribution < 1.29 is 24.3 Å². The van der Waals surface area contributed by atoms with Crippen LogP contribution in [0.5, 0.6) is 0 Å². The highest BCUT2D eigenvalue weighted by Crippen LogP contribution is 2.49. The number of hydrogen-bond acceptors (Lipinski definition) is 3. The smallest absolute Gasteiger partial charge is 0.356 e. The molecule has 0 spiro atoms. The zero-order valence-corrected chi connectivity index (χ0v) is 7.49. The van der Waals surface area contributed by atoms with Crippen LogP contribution in [-0.2, 0) is 9.36 Å². The monoisotopic (exact) mass is 197 g/mol. The first kappa shape index (κ1) is 11.6. The molecule has 0 rings (SSSR count). The molecular weight excluding hydrogens is 185 g/mol. The third-order valence-corrected chi connectivity index (χ3v) is 2.98. The van der Waals surface area contributed by atoms with Gasteiger partial charge in [-0.3, -0.25) is 4.57 Å². The van der Waals surface area contributed by atoms with E-state index in [4.69, 9.17) is 20.6 Å². The van der Waals surface area contributed by atoms with Gasteiger partial charge in [-0.25, -0.2) is 4.79 Å². The van der Waals surface area contributed by atoms with Crippen molar-refractivity contribution in [2.75, 3.05) is 0 Å². The van der Waals surface area contributed by atoms with Gasteiger partial charge in [-0.2, -0.15) is 0 Å². The summed E-state index contributed by atoms with van der Waals surface area (Å²) in [6.07, 6.45) is 0.0561. The summed E-state index contributed by atoms with van der Waals surface area (Å²) in [6.45, 7) is 1.60. The average Bonchev–Trinajstić information content (AvgIpc) is 1.85. The Morgan fingerprint density at radius 2 is 2.00 bits per heavy atom. The van der Waals surface area contributed by atoms with Crippen molar-refractivity contribution >= 4 is 13.6 Å². The Morgan fingerprint density at radius 3 is 2.08 bits per heavy atom. The van der Waals surface area contributed by atoms with Gasteiger partial charge in [0.15, 0.2) is 0 Å². The van der Waals surface area contributed by atoms with Crippen LogP contribution in [0.25, 0.3) is 0 Å². The SMILES string of the molecule is CCCC(N)(C(=O)O)P(=O)(O)O. The number of carboxylic acids is 1. The molecule has 0 radical (unpaired) electrons. The van der Waals surface area contributed by atoms with Crippen molar-refractivity contribution in [1.29, 1.82) is 0 Å². The van der Waals surface area contributed by atoms with E-state index in [0.717, 1.165) is 0 Å². The first-order valence-electron chi connectivity index (χ1n) is 3.33. The number of hydrogen-bond donors (Lipinski definition) is 4. The van der Waals surface area contributed by atoms with Gasteiger partial charge in [0.2, 0.25) is 5.28 Å². The molecule has 72 valence electrons. The third-order valence-electron chi connectivity index (χ3n) is 1.52. The van der Waals surface area contributed by atoms with E-state index in [1.165, 1.54) is 0 Å². The van der Waals surface area contributed by atoms with E-state index in [-0.39, 0.29) is 6.42 Å². The largest absolute Gasteiger partial charge is 0.479 e. The Kier molecular flexibility index (Phi) is 3.41. The molecule has 0 aliphatic heterocycles. The summed E-state index contributed by atoms with van der Waals surface area (Å²) in [5.41, 5.74) is 5.07. The van der Waals surface area contributed by atoms with Crippen LogP contribution in [0.3, 0.4) is 0 Å². The van der Waals surface area contributed by atoms with E-state index in [1.54, 1.807) is 6.92 Å². The number of nitrogens with two attached hydrogens (primary N) is 1. The number of aliphatic carboxylic acids is 1. The topological polar surface area (TPSA) is 121 Å². The summed E-state index contributed by atoms with van der Waals surface area (Å²) in [5.74, 6) is -1.67. The van der Waals surface area contributed by atoms with E-state index in [9.17, 15) is 9.36 Å². The first-order valence-corrected chi connectivity index (χ1v) is 4.95. The van der Waals surface area contributed by atoms with Gasteiger partial charge in [-0.15, -0.1) is 0 Å². The van der Waals surface area contributed by atoms with Crippen LogP contribution >= 0.6 is 7.60 Å². The lowest BCUT2D eigenvalue weighted by Crippen LogP contribution is -2.47. The Bertz CT molecular complexity index is 224. The van der Waals surface area contributed by atoms with Gasteiger partial charge >= 0.3 is 13.6 Å². The molecular formula is C5H12NO5P. The van der Waals surface area contributed by atoms with E-state index >= 15 is 0 Å². The first-order chi connectivity index (χ1) is 5.25. The van der Waals surface area contributed by atoms with Crippen LogP contribution in [0.2, 0.25) is 0 Å². The van der Waals surface area contributed by atoms with Gasteiger partial charge < -0.3 is 20.6 Å². The maximum absolute atomic E-state index is 10.7. The molecule has 1 atom stereocenters. The van der Waals surface area contributed by atoms with Gasteiger partial charge in [-0.1, -0.05) is 13.3 Å². The normalized spacial score (nSPS) is 17.0. The molecule has 0 aliphatic rings. The molecule has 0 fully saturated rings. The molecule has 0 heterocycles. The second-order valence-corrected chi connectivity index (χ2v) is 4.41. The van der Waals surface area contributed by atoms with Crippen molar-refractivity contribution in [2.24, 2.45) is 5.73 Å². The highest BCUT2D eigenvalue weighted by Gasteiger charge is 2.49. The number of rotatable bonds is 4. The molecule has 0 saturated carbocycles. The summed E-state index contributed by atoms with van der Waals surface area (Å²) in [5, 5.41) is 6.05. The van der Waals surface area contributed by atoms with E-state index in [1.807, 2.05) is 0 Å². The molecule has 1 unspecified atom stereocenters. The van der Waals surface area contributed by atoms with Crippen LogP contribution < -0.4 is 5.73 Å². The summed E-state index contributed by atoms with van der Waals surface area (Å²) in [4.78, 5) is 27.7. The minimum absolute atomic E-state index is 0.243. The molecule has 0 aromatic carbocycles. The Hall–Kier alpha value is -0.420. The quantitative estimate of drug-likeness (QED) is 0.459. The fourth-order valence-electron chi connectivity index (χ4n) is 0.758. The fourth-order valence-corrected chi connectivity index (χ4v) is 1.52. The molecule has 0 saturated heterocycles. The zero-order valence-electron chi connectivity index (χ0n) is 6.60. The van der Waals surface area contributed by atoms with Crippen molar-refractivity contribution in [2.45, 2.75) is 25.0 Å². The molecule has 0 aromatic heterocycles. The van der Waals surface area contributed by atoms with Crippen LogP contribution in [0.4, 0.5) is 0 Å². The second kappa shape index (κ2) is 3.53. The molecule has 6 nitrogen and oxygen atoms in total. The standard InChI is InChI=1S/C5H12NO5P/c1-2-3-5(6,4(7)8)12(9,10)11/h2-3,6H2,1H3,(H,7,8)(H2,9,10,11). The Morgan fingerprint density at radius 1 is 1.58 bits per heavy atom. The summed E-state index contributed by atoms with van der Waals surface area (Å²) in [7, 11) is -4.78. The van der Waals surface area contributed by atoms with Crippen molar-refractivity contribution in [3.63, 3.8) is 0 Å². The molecule has 12 heavy (non-hydrogen) atoms. The second-order valence-electron chi connectivity index (χ2n) is 2.52. The highest BCUT2D eigenvalue weighted by molar-refractivity contribution is 7.54. The van der Waals surface area contributed by atoms with Crippen LogP contribution in [-0.4, -0.2) is 26.1 Å². The summed E-state index contributed by atoms with van der Waals surface area (Å²) >= 11 is 0. The predicted molar refractivity (Wildman–Crippen MR) is 41.5 cm³/mol. The Balaban J connectivity index is 4.88. The van der Waals surface area contributed by atoms with Crippen LogP contribution in [0.15, 0.2) is 0 Å². The lowest BCUT2D eigenvalue weighted by molar-refractivity contribution is -0.140. The number of carbonyl (C=O) groups is 1. The predicted octanol–water partition coefficient (Wildman–Crippen LogP) is -0.296. The average molecular weight is 197 g/mol. The van der Waals surface area contributed by atoms with Crippen molar-refractivity contribution in [1.82, 2.24) is 0 Å². The molecule has 0 bridgehead atoms. The van der Waals surface area contributed by atoms with E-state index in [2.05, 4.69) is 0 Å². The minimum atomic E-state index is -4.78. The van der Waals surface area contributed by atoms with E-state index < -0.39 is 18.8 Å². The van der Waals surface area contributed by atoms with Gasteiger partial charge in [0.1, 0.15) is 0 Å². The lowest BCUT2D eigenvalue weighted by atomic mass is 10.2. The van der Waals surface area contributed by atoms with Gasteiger partial charge in [-0.05, 0) is 6.42 Å². The van der Waals surface area contributed by atoms with Crippen LogP contribution in [0, 0.1) is 0 Å². The molecule has 0 aliphatic carbocycles. The highest BCUT2D eigenvalue weighted by atomic mass is 31.2. The maximum Gasteiger partial charge on any atom is 0.356 e. The summed E-state index contributed by atoms with van der Waals surface area (Å²) in [6, 6.07) is 0. The molecule has 0 amide bonds. The van der Waals surface area contributed by atoms with Crippen molar-refractivity contribution in [3.8, 4) is 0 Å². The molecule has 0 aromatic rings. The third kappa shape index (κ3) is 2.04. The number of carboxylic acid groups (broad SMARTS) is 1. The summed E-state index contributed by atoms with van der Waals surface area (Å²) < 4.78 is 10.7. The minimum Gasteiger partial charge on any atom is -0.479 e. The fraction of sp³-hybridized carbons (Fsp3) is 0.800. The zero-order chi connectivity index (χ0) is 9.99. The maximum atomic E-state index is 10.7. The lowest BCUT2D eigenvalue weighted by Gasteiger charge is -2.24. The van der Waals surface area contributed by atoms with E-state index in [0.29, 0.717) is 6.42 Å². The molecule has 7 heteroatoms. The molecule has 5 N–H and O–H groups in total. The van der Waals surface area contributed by atoms with Gasteiger partial charge in [0.25, 0.3) is 0 Å². The van der Waals surface area contributed by atoms with Gasteiger partial charge in [0.05, 0.1) is 0 Å². The van der Waals surface area contributed by atoms with Crippen LogP contribution in [0.1, 0.15) is 19.8 Å². The van der Waals surface area contributed by atoms with Crippen molar-refractivity contribution in [3.05, 3.63) is 0 Å². The van der Waals surface area contributed by atoms with Gasteiger partial charge in [0, 0.05) is 0 Å².